The Morgan fingerprint density at radius 3 is 2.65 bits per heavy atom. The van der Waals surface area contributed by atoms with Gasteiger partial charge in [0.25, 0.3) is 5.91 Å². The molecule has 2 N–H and O–H groups in total. The van der Waals surface area contributed by atoms with E-state index < -0.39 is 5.91 Å². The van der Waals surface area contributed by atoms with Gasteiger partial charge in [-0.15, -0.1) is 0 Å². The minimum atomic E-state index is -0.580. The summed E-state index contributed by atoms with van der Waals surface area (Å²) in [5.41, 5.74) is 0.339. The third kappa shape index (κ3) is 2.61. The summed E-state index contributed by atoms with van der Waals surface area (Å²) in [5.74, 6) is -0.699. The average Bonchev–Trinajstić information content (AvgIpc) is 3.15. The number of hydrogen-bond donors (Lipinski definition) is 2. The Balaban J connectivity index is 2.14. The summed E-state index contributed by atoms with van der Waals surface area (Å²) < 4.78 is 0. The minimum absolute atomic E-state index is 0.0205. The fourth-order valence-corrected chi connectivity index (χ4v) is 1.41. The molecule has 0 saturated heterocycles. The van der Waals surface area contributed by atoms with E-state index in [4.69, 9.17) is 5.26 Å². The molecule has 5 heteroatoms. The van der Waals surface area contributed by atoms with Crippen LogP contribution in [0.4, 0.5) is 5.69 Å². The Morgan fingerprint density at radius 2 is 2.12 bits per heavy atom. The van der Waals surface area contributed by atoms with Crippen molar-refractivity contribution in [3.05, 3.63) is 35.9 Å². The number of anilines is 1. The lowest BCUT2D eigenvalue weighted by Crippen LogP contribution is -2.15. The van der Waals surface area contributed by atoms with Gasteiger partial charge in [0.15, 0.2) is 5.57 Å². The molecule has 0 atom stereocenters. The van der Waals surface area contributed by atoms with Crippen LogP contribution in [0.2, 0.25) is 0 Å². The predicted octanol–water partition coefficient (Wildman–Crippen LogP) is 1.77. The molecule has 1 fully saturated rings. The average molecular weight is 229 g/mol. The fourth-order valence-electron chi connectivity index (χ4n) is 1.41. The molecule has 2 rings (SSSR count). The number of carbonyl (C=O) groups is 1. The van der Waals surface area contributed by atoms with Crippen molar-refractivity contribution in [1.82, 2.24) is 4.98 Å². The molecule has 1 aliphatic carbocycles. The van der Waals surface area contributed by atoms with Gasteiger partial charge in [-0.05, 0) is 25.0 Å². The van der Waals surface area contributed by atoms with Crippen molar-refractivity contribution < 1.29 is 9.90 Å². The van der Waals surface area contributed by atoms with Crippen LogP contribution in [-0.2, 0) is 4.79 Å². The van der Waals surface area contributed by atoms with E-state index >= 15 is 0 Å². The van der Waals surface area contributed by atoms with Gasteiger partial charge in [0.1, 0.15) is 11.8 Å². The first-order valence-electron chi connectivity index (χ1n) is 5.27. The topological polar surface area (TPSA) is 86.0 Å². The Labute approximate surface area is 98.4 Å². The van der Waals surface area contributed by atoms with Crippen LogP contribution in [-0.4, -0.2) is 16.0 Å². The van der Waals surface area contributed by atoms with Crippen LogP contribution in [0.15, 0.2) is 35.9 Å². The van der Waals surface area contributed by atoms with Gasteiger partial charge in [-0.1, -0.05) is 0 Å². The zero-order chi connectivity index (χ0) is 12.3. The number of allylic oxidation sites excluding steroid dienone is 1. The molecule has 0 radical (unpaired) electrons. The number of amides is 1. The van der Waals surface area contributed by atoms with Crippen LogP contribution >= 0.6 is 0 Å². The first kappa shape index (κ1) is 11.1. The molecule has 0 unspecified atom stereocenters. The van der Waals surface area contributed by atoms with Gasteiger partial charge in [0, 0.05) is 24.0 Å². The van der Waals surface area contributed by atoms with Gasteiger partial charge in [-0.2, -0.15) is 5.26 Å². The minimum Gasteiger partial charge on any atom is -0.510 e. The zero-order valence-electron chi connectivity index (χ0n) is 9.05. The van der Waals surface area contributed by atoms with Crippen molar-refractivity contribution in [3.8, 4) is 6.07 Å². The lowest BCUT2D eigenvalue weighted by atomic mass is 10.1. The van der Waals surface area contributed by atoms with Gasteiger partial charge in [-0.25, -0.2) is 0 Å². The number of pyridine rings is 1. The smallest absolute Gasteiger partial charge is 0.269 e. The maximum atomic E-state index is 11.7. The van der Waals surface area contributed by atoms with Gasteiger partial charge in [0.05, 0.1) is 0 Å². The molecule has 0 aliphatic heterocycles. The third-order valence-corrected chi connectivity index (χ3v) is 2.50. The van der Waals surface area contributed by atoms with Crippen molar-refractivity contribution in [1.29, 1.82) is 5.26 Å². The van der Waals surface area contributed by atoms with Crippen LogP contribution in [0.5, 0.6) is 0 Å². The number of hydrogen-bond acceptors (Lipinski definition) is 4. The molecule has 1 amide bonds. The Kier molecular flexibility index (Phi) is 3.06. The third-order valence-electron chi connectivity index (χ3n) is 2.50. The van der Waals surface area contributed by atoms with Crippen LogP contribution in [0.1, 0.15) is 12.8 Å². The van der Waals surface area contributed by atoms with Crippen molar-refractivity contribution in [2.45, 2.75) is 12.8 Å². The molecule has 0 spiro atoms. The molecule has 1 aliphatic rings. The van der Waals surface area contributed by atoms with Crippen molar-refractivity contribution in [2.24, 2.45) is 5.92 Å². The van der Waals surface area contributed by atoms with Gasteiger partial charge in [-0.3, -0.25) is 9.78 Å². The zero-order valence-corrected chi connectivity index (χ0v) is 9.05. The van der Waals surface area contributed by atoms with Crippen molar-refractivity contribution in [3.63, 3.8) is 0 Å². The van der Waals surface area contributed by atoms with Gasteiger partial charge < -0.3 is 10.4 Å². The molecule has 17 heavy (non-hydrogen) atoms. The van der Waals surface area contributed by atoms with E-state index in [2.05, 4.69) is 10.3 Å². The summed E-state index contributed by atoms with van der Waals surface area (Å²) in [5, 5.41) is 21.1. The number of rotatable bonds is 3. The maximum Gasteiger partial charge on any atom is 0.269 e. The second-order valence-corrected chi connectivity index (χ2v) is 3.84. The van der Waals surface area contributed by atoms with E-state index in [0.717, 1.165) is 12.8 Å². The largest absolute Gasteiger partial charge is 0.510 e. The molecular formula is C12H11N3O2. The highest BCUT2D eigenvalue weighted by Gasteiger charge is 2.30. The number of nitrogens with one attached hydrogen (secondary N) is 1. The van der Waals surface area contributed by atoms with Crippen molar-refractivity contribution >= 4 is 11.6 Å². The van der Waals surface area contributed by atoms with Crippen molar-refractivity contribution in [2.75, 3.05) is 5.32 Å². The van der Waals surface area contributed by atoms with E-state index in [1.807, 2.05) is 0 Å². The summed E-state index contributed by atoms with van der Waals surface area (Å²) in [4.78, 5) is 15.6. The molecule has 86 valence electrons. The maximum absolute atomic E-state index is 11.7. The fraction of sp³-hybridized carbons (Fsp3) is 0.250. The summed E-state index contributed by atoms with van der Waals surface area (Å²) in [6.07, 6.45) is 4.73. The van der Waals surface area contributed by atoms with Crippen LogP contribution in [0, 0.1) is 17.2 Å². The van der Waals surface area contributed by atoms with Crippen LogP contribution < -0.4 is 5.32 Å². The van der Waals surface area contributed by atoms with E-state index in [1.54, 1.807) is 18.2 Å². The summed E-state index contributed by atoms with van der Waals surface area (Å²) in [6, 6.07) is 4.97. The SMILES string of the molecule is N#C/C(C(=O)Nc1ccncc1)=C(/O)C1CC1. The summed E-state index contributed by atoms with van der Waals surface area (Å²) in [6.45, 7) is 0. The quantitative estimate of drug-likeness (QED) is 0.470. The van der Waals surface area contributed by atoms with E-state index in [0.29, 0.717) is 5.69 Å². The predicted molar refractivity (Wildman–Crippen MR) is 60.9 cm³/mol. The molecule has 1 saturated carbocycles. The lowest BCUT2D eigenvalue weighted by Gasteiger charge is -2.05. The van der Waals surface area contributed by atoms with E-state index in [-0.39, 0.29) is 17.3 Å². The van der Waals surface area contributed by atoms with E-state index in [1.165, 1.54) is 12.4 Å². The highest BCUT2D eigenvalue weighted by Crippen LogP contribution is 2.36. The highest BCUT2D eigenvalue weighted by molar-refractivity contribution is 6.06. The van der Waals surface area contributed by atoms with Gasteiger partial charge >= 0.3 is 0 Å². The van der Waals surface area contributed by atoms with Crippen LogP contribution in [0.25, 0.3) is 0 Å². The van der Waals surface area contributed by atoms with E-state index in [9.17, 15) is 9.90 Å². The number of aliphatic hydroxyl groups excluding tert-OH is 1. The molecule has 0 bridgehead atoms. The monoisotopic (exact) mass is 229 g/mol. The summed E-state index contributed by atoms with van der Waals surface area (Å²) in [7, 11) is 0. The molecule has 1 aromatic heterocycles. The molecule has 0 aromatic carbocycles. The Hall–Kier alpha value is -2.35. The second-order valence-electron chi connectivity index (χ2n) is 3.84. The second kappa shape index (κ2) is 4.66. The number of carbonyl (C=O) groups excluding carboxylic acids is 1. The lowest BCUT2D eigenvalue weighted by molar-refractivity contribution is -0.112. The Bertz CT molecular complexity index is 498. The van der Waals surface area contributed by atoms with Gasteiger partial charge in [0.2, 0.25) is 0 Å². The normalized spacial score (nSPS) is 15.7. The number of aliphatic hydroxyl groups is 1. The number of nitrogens with zero attached hydrogens (tertiary/aromatic N) is 2. The molecule has 5 nitrogen and oxygen atoms in total. The Morgan fingerprint density at radius 1 is 1.47 bits per heavy atom. The summed E-state index contributed by atoms with van der Waals surface area (Å²) >= 11 is 0. The first-order valence-corrected chi connectivity index (χ1v) is 5.27. The first-order chi connectivity index (χ1) is 8.22. The number of nitriles is 1. The highest BCUT2D eigenvalue weighted by atomic mass is 16.3. The van der Waals surface area contributed by atoms with Crippen LogP contribution in [0.3, 0.4) is 0 Å². The standard InChI is InChI=1S/C12H11N3O2/c13-7-10(11(16)8-1-2-8)12(17)15-9-3-5-14-6-4-9/h3-6,8,16H,1-2H2,(H,14,15,17)/b11-10-. The molecular weight excluding hydrogens is 218 g/mol. The molecule has 1 aromatic rings. The molecule has 1 heterocycles. The number of aromatic nitrogens is 1.